The van der Waals surface area contributed by atoms with Gasteiger partial charge in [0.2, 0.25) is 10.0 Å². The lowest BCUT2D eigenvalue weighted by Crippen LogP contribution is -2.47. The Morgan fingerprint density at radius 2 is 1.53 bits per heavy atom. The zero-order valence-corrected chi connectivity index (χ0v) is 23.0. The van der Waals surface area contributed by atoms with E-state index >= 15 is 0 Å². The number of esters is 1. The lowest BCUT2D eigenvalue weighted by atomic mass is 10.1. The van der Waals surface area contributed by atoms with Gasteiger partial charge >= 0.3 is 5.97 Å². The van der Waals surface area contributed by atoms with Crippen LogP contribution in [0, 0.1) is 5.92 Å². The van der Waals surface area contributed by atoms with Gasteiger partial charge in [-0.05, 0) is 74.2 Å². The molecule has 0 fully saturated rings. The zero-order valence-electron chi connectivity index (χ0n) is 22.2. The lowest BCUT2D eigenvalue weighted by molar-refractivity contribution is -0.158. The Kier molecular flexibility index (Phi) is 7.94. The summed E-state index contributed by atoms with van der Waals surface area (Å²) in [5.41, 5.74) is 1.87. The fourth-order valence-corrected chi connectivity index (χ4v) is 5.22. The van der Waals surface area contributed by atoms with Gasteiger partial charge in [-0.25, -0.2) is 8.42 Å². The third-order valence-corrected chi connectivity index (χ3v) is 7.28. The van der Waals surface area contributed by atoms with Crippen molar-refractivity contribution in [1.29, 1.82) is 0 Å². The average molecular weight is 536 g/mol. The third kappa shape index (κ3) is 6.82. The minimum atomic E-state index is -3.93. The molecule has 200 valence electrons. The number of nitrogens with one attached hydrogen (secondary N) is 1. The van der Waals surface area contributed by atoms with Crippen LogP contribution in [-0.2, 0) is 26.2 Å². The van der Waals surface area contributed by atoms with Crippen LogP contribution >= 0.6 is 0 Å². The van der Waals surface area contributed by atoms with Crippen molar-refractivity contribution < 1.29 is 27.1 Å². The molecule has 0 saturated carbocycles. The summed E-state index contributed by atoms with van der Waals surface area (Å²) in [5.74, 6) is 0.549. The average Bonchev–Trinajstić information content (AvgIpc) is 3.28. The molecule has 0 aliphatic heterocycles. The molecule has 3 aromatic carbocycles. The van der Waals surface area contributed by atoms with E-state index in [2.05, 4.69) is 4.72 Å². The van der Waals surface area contributed by atoms with Crippen LogP contribution in [0.3, 0.4) is 0 Å². The smallest absolute Gasteiger partial charge is 0.324 e. The number of furan rings is 1. The van der Waals surface area contributed by atoms with Crippen LogP contribution in [0.4, 0.5) is 0 Å². The predicted octanol–water partition coefficient (Wildman–Crippen LogP) is 6.32. The summed E-state index contributed by atoms with van der Waals surface area (Å²) in [4.78, 5) is 12.7. The Balaban J connectivity index is 1.41. The summed E-state index contributed by atoms with van der Waals surface area (Å²) in [5, 5.41) is 1.03. The Hall–Kier alpha value is -3.62. The van der Waals surface area contributed by atoms with E-state index in [1.807, 2.05) is 54.6 Å². The van der Waals surface area contributed by atoms with Crippen LogP contribution < -0.4 is 9.46 Å². The Labute approximate surface area is 223 Å². The topological polar surface area (TPSA) is 94.8 Å². The summed E-state index contributed by atoms with van der Waals surface area (Å²) in [7, 11) is -3.93. The highest BCUT2D eigenvalue weighted by molar-refractivity contribution is 7.89. The molecule has 7 nitrogen and oxygen atoms in total. The van der Waals surface area contributed by atoms with Crippen LogP contribution in [0.25, 0.3) is 22.1 Å². The third-order valence-electron chi connectivity index (χ3n) is 5.82. The minimum Gasteiger partial charge on any atom is -0.486 e. The quantitative estimate of drug-likeness (QED) is 0.252. The van der Waals surface area contributed by atoms with Gasteiger partial charge in [0.25, 0.3) is 0 Å². The summed E-state index contributed by atoms with van der Waals surface area (Å²) in [6, 6.07) is 22.8. The van der Waals surface area contributed by atoms with E-state index < -0.39 is 27.6 Å². The van der Waals surface area contributed by atoms with E-state index in [1.165, 1.54) is 12.1 Å². The molecule has 1 atom stereocenters. The first kappa shape index (κ1) is 27.4. The molecule has 0 bridgehead atoms. The van der Waals surface area contributed by atoms with Crippen molar-refractivity contribution in [2.75, 3.05) is 0 Å². The lowest BCUT2D eigenvalue weighted by Gasteiger charge is -2.26. The highest BCUT2D eigenvalue weighted by Gasteiger charge is 2.32. The molecular formula is C30H33NO6S. The normalized spacial score (nSPS) is 13.0. The molecule has 4 rings (SSSR count). The van der Waals surface area contributed by atoms with Gasteiger partial charge in [-0.2, -0.15) is 4.72 Å². The number of carbonyl (C=O) groups excluding carboxylic acids is 1. The highest BCUT2D eigenvalue weighted by atomic mass is 32.2. The van der Waals surface area contributed by atoms with Gasteiger partial charge in [-0.1, -0.05) is 56.3 Å². The van der Waals surface area contributed by atoms with Crippen LogP contribution in [-0.4, -0.2) is 26.0 Å². The zero-order chi connectivity index (χ0) is 27.5. The van der Waals surface area contributed by atoms with Crippen molar-refractivity contribution >= 4 is 27.0 Å². The summed E-state index contributed by atoms with van der Waals surface area (Å²) in [6.45, 7) is 9.08. The largest absolute Gasteiger partial charge is 0.486 e. The van der Waals surface area contributed by atoms with Gasteiger partial charge in [-0.15, -0.1) is 0 Å². The maximum absolute atomic E-state index is 13.0. The molecule has 4 aromatic rings. The van der Waals surface area contributed by atoms with Crippen LogP contribution in [0.1, 0.15) is 40.4 Å². The van der Waals surface area contributed by atoms with Gasteiger partial charge < -0.3 is 13.9 Å². The number of hydrogen-bond donors (Lipinski definition) is 1. The Morgan fingerprint density at radius 1 is 0.921 bits per heavy atom. The van der Waals surface area contributed by atoms with Crippen LogP contribution in [0.5, 0.6) is 5.75 Å². The number of ether oxygens (including phenoxy) is 2. The van der Waals surface area contributed by atoms with E-state index in [0.717, 1.165) is 27.9 Å². The van der Waals surface area contributed by atoms with E-state index in [0.29, 0.717) is 12.4 Å². The molecule has 0 radical (unpaired) electrons. The minimum absolute atomic E-state index is 0.0706. The molecule has 1 unspecified atom stereocenters. The Bertz CT molecular complexity index is 1460. The molecule has 0 amide bonds. The summed E-state index contributed by atoms with van der Waals surface area (Å²) >= 11 is 0. The number of carbonyl (C=O) groups is 1. The maximum Gasteiger partial charge on any atom is 0.324 e. The van der Waals surface area contributed by atoms with Crippen molar-refractivity contribution in [2.45, 2.75) is 57.8 Å². The van der Waals surface area contributed by atoms with Crippen LogP contribution in [0.2, 0.25) is 0 Å². The fraction of sp³-hybridized carbons (Fsp3) is 0.300. The van der Waals surface area contributed by atoms with E-state index in [9.17, 15) is 13.2 Å². The van der Waals surface area contributed by atoms with Crippen molar-refractivity contribution in [1.82, 2.24) is 4.72 Å². The number of benzene rings is 3. The molecule has 8 heteroatoms. The number of fused-ring (bicyclic) bond motifs is 1. The molecule has 1 heterocycles. The summed E-state index contributed by atoms with van der Waals surface area (Å²) in [6.07, 6.45) is 0. The Morgan fingerprint density at radius 3 is 2.11 bits per heavy atom. The van der Waals surface area contributed by atoms with Gasteiger partial charge in [0.15, 0.2) is 0 Å². The molecule has 0 spiro atoms. The standard InChI is InChI=1S/C30H33NO6S/c1-20(2)28(29(32)37-30(3,4)5)31-38(33,34)26-16-12-22(13-17-26)21-10-14-24(15-11-21)35-19-25-18-23-8-6-7-9-27(23)36-25/h6-18,20,28,31H,19H2,1-5H3. The second-order valence-corrected chi connectivity index (χ2v) is 12.2. The number of para-hydroxylation sites is 1. The summed E-state index contributed by atoms with van der Waals surface area (Å²) < 4.78 is 45.6. The second-order valence-electron chi connectivity index (χ2n) is 10.5. The molecule has 0 aliphatic carbocycles. The van der Waals surface area contributed by atoms with Crippen molar-refractivity contribution in [3.05, 3.63) is 84.6 Å². The van der Waals surface area contributed by atoms with Crippen molar-refractivity contribution in [2.24, 2.45) is 5.92 Å². The fourth-order valence-electron chi connectivity index (χ4n) is 3.89. The van der Waals surface area contributed by atoms with Crippen LogP contribution in [0.15, 0.2) is 88.2 Å². The molecule has 1 N–H and O–H groups in total. The van der Waals surface area contributed by atoms with E-state index in [1.54, 1.807) is 46.8 Å². The van der Waals surface area contributed by atoms with Gasteiger partial charge in [-0.3, -0.25) is 4.79 Å². The molecule has 38 heavy (non-hydrogen) atoms. The van der Waals surface area contributed by atoms with Crippen molar-refractivity contribution in [3.63, 3.8) is 0 Å². The monoisotopic (exact) mass is 535 g/mol. The van der Waals surface area contributed by atoms with Gasteiger partial charge in [0.05, 0.1) is 4.90 Å². The van der Waals surface area contributed by atoms with Crippen molar-refractivity contribution in [3.8, 4) is 16.9 Å². The highest BCUT2D eigenvalue weighted by Crippen LogP contribution is 2.26. The molecule has 1 aromatic heterocycles. The predicted molar refractivity (Wildman–Crippen MR) is 147 cm³/mol. The SMILES string of the molecule is CC(C)C(NS(=O)(=O)c1ccc(-c2ccc(OCc3cc4ccccc4o3)cc2)cc1)C(=O)OC(C)(C)C. The maximum atomic E-state index is 13.0. The first-order valence-corrected chi connectivity index (χ1v) is 14.0. The van der Waals surface area contributed by atoms with E-state index in [4.69, 9.17) is 13.9 Å². The second kappa shape index (κ2) is 11.0. The first-order valence-electron chi connectivity index (χ1n) is 12.5. The van der Waals surface area contributed by atoms with E-state index in [-0.39, 0.29) is 10.8 Å². The number of sulfonamides is 1. The van der Waals surface area contributed by atoms with Gasteiger partial charge in [0, 0.05) is 5.39 Å². The molecule has 0 saturated heterocycles. The number of rotatable bonds is 9. The first-order chi connectivity index (χ1) is 17.9. The molecule has 0 aliphatic rings. The van der Waals surface area contributed by atoms with Gasteiger partial charge in [0.1, 0.15) is 35.3 Å². The molecular weight excluding hydrogens is 502 g/mol. The number of hydrogen-bond acceptors (Lipinski definition) is 6.